The van der Waals surface area contributed by atoms with Crippen LogP contribution in [0.15, 0.2) is 24.3 Å². The van der Waals surface area contributed by atoms with Gasteiger partial charge in [-0.2, -0.15) is 0 Å². The van der Waals surface area contributed by atoms with Crippen molar-refractivity contribution in [3.05, 3.63) is 24.3 Å². The summed E-state index contributed by atoms with van der Waals surface area (Å²) in [6.07, 6.45) is 63.2. The van der Waals surface area contributed by atoms with E-state index in [4.69, 9.17) is 14.2 Å². The number of allylic oxidation sites excluding steroid dienone is 4. The minimum absolute atomic E-state index is 0.0704. The lowest BCUT2D eigenvalue weighted by Crippen LogP contribution is -2.30. The Morgan fingerprint density at radius 2 is 0.554 bits per heavy atom. The number of carbonyl (C=O) groups excluding carboxylic acids is 3. The van der Waals surface area contributed by atoms with E-state index in [9.17, 15) is 14.4 Å². The van der Waals surface area contributed by atoms with Crippen molar-refractivity contribution in [1.82, 2.24) is 0 Å². The molecule has 0 aromatic rings. The van der Waals surface area contributed by atoms with Gasteiger partial charge in [-0.25, -0.2) is 0 Å². The molecular weight excluding hydrogens is 805 g/mol. The minimum Gasteiger partial charge on any atom is -0.462 e. The molecule has 0 N–H and O–H groups in total. The molecule has 0 fully saturated rings. The highest BCUT2D eigenvalue weighted by Gasteiger charge is 2.19. The fraction of sp³-hybridized carbons (Fsp3) is 0.881. The molecule has 382 valence electrons. The van der Waals surface area contributed by atoms with Crippen LogP contribution < -0.4 is 0 Å². The molecule has 0 aliphatic carbocycles. The van der Waals surface area contributed by atoms with Crippen LogP contribution >= 0.6 is 0 Å². The largest absolute Gasteiger partial charge is 0.462 e. The maximum absolute atomic E-state index is 12.8. The molecule has 0 saturated carbocycles. The van der Waals surface area contributed by atoms with Gasteiger partial charge in [0.25, 0.3) is 0 Å². The van der Waals surface area contributed by atoms with Crippen molar-refractivity contribution in [2.45, 2.75) is 322 Å². The zero-order valence-corrected chi connectivity index (χ0v) is 43.8. The lowest BCUT2D eigenvalue weighted by molar-refractivity contribution is -0.167. The molecule has 0 aromatic heterocycles. The molecule has 0 spiro atoms. The number of unbranched alkanes of at least 4 members (excludes halogenated alkanes) is 38. The average Bonchev–Trinajstić information content (AvgIpc) is 3.30. The first kappa shape index (κ1) is 62.9. The van der Waals surface area contributed by atoms with Crippen molar-refractivity contribution < 1.29 is 28.6 Å². The molecular formula is C59H110O6. The Labute approximate surface area is 404 Å². The van der Waals surface area contributed by atoms with Crippen molar-refractivity contribution in [1.29, 1.82) is 0 Å². The summed E-state index contributed by atoms with van der Waals surface area (Å²) in [7, 11) is 0. The molecule has 0 amide bonds. The second kappa shape index (κ2) is 54.5. The van der Waals surface area contributed by atoms with E-state index in [2.05, 4.69) is 45.1 Å². The van der Waals surface area contributed by atoms with Crippen LogP contribution in [0.25, 0.3) is 0 Å². The predicted molar refractivity (Wildman–Crippen MR) is 279 cm³/mol. The van der Waals surface area contributed by atoms with E-state index in [1.165, 1.54) is 199 Å². The van der Waals surface area contributed by atoms with Gasteiger partial charge < -0.3 is 14.2 Å². The van der Waals surface area contributed by atoms with Gasteiger partial charge in [0, 0.05) is 19.3 Å². The van der Waals surface area contributed by atoms with Crippen molar-refractivity contribution in [2.75, 3.05) is 13.2 Å². The Balaban J connectivity index is 4.24. The van der Waals surface area contributed by atoms with E-state index in [0.29, 0.717) is 19.3 Å². The van der Waals surface area contributed by atoms with Crippen LogP contribution in [0.3, 0.4) is 0 Å². The van der Waals surface area contributed by atoms with E-state index in [1.54, 1.807) is 0 Å². The highest BCUT2D eigenvalue weighted by molar-refractivity contribution is 5.71. The number of carbonyl (C=O) groups is 3. The van der Waals surface area contributed by atoms with E-state index >= 15 is 0 Å². The molecule has 6 heteroatoms. The molecule has 0 unspecified atom stereocenters. The zero-order valence-electron chi connectivity index (χ0n) is 43.8. The summed E-state index contributed by atoms with van der Waals surface area (Å²) in [4.78, 5) is 38.1. The molecule has 0 aliphatic rings. The van der Waals surface area contributed by atoms with Gasteiger partial charge in [0.2, 0.25) is 0 Å². The first-order valence-electron chi connectivity index (χ1n) is 28.8. The van der Waals surface area contributed by atoms with Gasteiger partial charge in [0.15, 0.2) is 6.10 Å². The third-order valence-electron chi connectivity index (χ3n) is 13.0. The van der Waals surface area contributed by atoms with Gasteiger partial charge in [-0.3, -0.25) is 14.4 Å². The highest BCUT2D eigenvalue weighted by Crippen LogP contribution is 2.17. The van der Waals surface area contributed by atoms with Crippen LogP contribution in [-0.2, 0) is 28.6 Å². The fourth-order valence-electron chi connectivity index (χ4n) is 8.59. The molecule has 0 radical (unpaired) electrons. The standard InChI is InChI=1S/C59H110O6/c1-4-7-10-13-16-19-22-24-26-27-28-29-30-31-33-35-38-40-43-46-49-52-58(61)64-55-56(65-59(62)53-50-47-44-41-36-21-18-15-12-9-6-3)54-63-57(60)51-48-45-42-39-37-34-32-25-23-20-17-14-11-8-5-2/h17,20,25,32,56H,4-16,18-19,21-24,26-31,33-55H2,1-3H3/b20-17-,32-25-/t56-/m1/s1. The lowest BCUT2D eigenvalue weighted by atomic mass is 10.0. The Kier molecular flexibility index (Phi) is 52.7. The maximum atomic E-state index is 12.8. The van der Waals surface area contributed by atoms with E-state index < -0.39 is 6.10 Å². The van der Waals surface area contributed by atoms with Gasteiger partial charge in [-0.05, 0) is 51.4 Å². The summed E-state index contributed by atoms with van der Waals surface area (Å²) in [6, 6.07) is 0. The average molecular weight is 916 g/mol. The number of rotatable bonds is 53. The topological polar surface area (TPSA) is 78.9 Å². The first-order valence-corrected chi connectivity index (χ1v) is 28.8. The molecule has 65 heavy (non-hydrogen) atoms. The number of ether oxygens (including phenoxy) is 3. The first-order chi connectivity index (χ1) is 32.0. The number of hydrogen-bond acceptors (Lipinski definition) is 6. The van der Waals surface area contributed by atoms with E-state index in [-0.39, 0.29) is 31.1 Å². The quantitative estimate of drug-likeness (QED) is 0.0262. The molecule has 0 bridgehead atoms. The molecule has 0 aliphatic heterocycles. The molecule has 6 nitrogen and oxygen atoms in total. The zero-order chi connectivity index (χ0) is 47.2. The Hall–Kier alpha value is -2.11. The molecule has 1 atom stereocenters. The van der Waals surface area contributed by atoms with Crippen LogP contribution in [0.2, 0.25) is 0 Å². The lowest BCUT2D eigenvalue weighted by Gasteiger charge is -2.18. The van der Waals surface area contributed by atoms with Crippen LogP contribution in [0.5, 0.6) is 0 Å². The molecule has 0 aromatic carbocycles. The normalized spacial score (nSPS) is 12.1. The fourth-order valence-corrected chi connectivity index (χ4v) is 8.59. The Morgan fingerprint density at radius 3 is 0.877 bits per heavy atom. The van der Waals surface area contributed by atoms with Gasteiger partial charge in [-0.15, -0.1) is 0 Å². The Morgan fingerprint density at radius 1 is 0.308 bits per heavy atom. The predicted octanol–water partition coefficient (Wildman–Crippen LogP) is 19.1. The second-order valence-electron chi connectivity index (χ2n) is 19.6. The highest BCUT2D eigenvalue weighted by atomic mass is 16.6. The molecule has 0 heterocycles. The summed E-state index contributed by atoms with van der Waals surface area (Å²) in [6.45, 7) is 6.64. The molecule has 0 saturated heterocycles. The van der Waals surface area contributed by atoms with Gasteiger partial charge >= 0.3 is 17.9 Å². The summed E-state index contributed by atoms with van der Waals surface area (Å²) in [5.41, 5.74) is 0. The number of esters is 3. The van der Waals surface area contributed by atoms with Gasteiger partial charge in [0.1, 0.15) is 13.2 Å². The van der Waals surface area contributed by atoms with Crippen molar-refractivity contribution >= 4 is 17.9 Å². The third kappa shape index (κ3) is 52.7. The van der Waals surface area contributed by atoms with Gasteiger partial charge in [-0.1, -0.05) is 270 Å². The van der Waals surface area contributed by atoms with Crippen LogP contribution in [0.4, 0.5) is 0 Å². The van der Waals surface area contributed by atoms with Crippen LogP contribution in [-0.4, -0.2) is 37.2 Å². The van der Waals surface area contributed by atoms with Crippen LogP contribution in [0.1, 0.15) is 316 Å². The summed E-state index contributed by atoms with van der Waals surface area (Å²) < 4.78 is 16.8. The SMILES string of the molecule is CCCCC/C=C\C/C=C\CCCCCCCC(=O)OC[C@H](COC(=O)CCCCCCCCCCCCCCCCCCCCCCC)OC(=O)CCCCCCCCCCCCC. The Bertz CT molecular complexity index is 1050. The van der Waals surface area contributed by atoms with E-state index in [0.717, 1.165) is 77.0 Å². The van der Waals surface area contributed by atoms with Crippen molar-refractivity contribution in [3.8, 4) is 0 Å². The third-order valence-corrected chi connectivity index (χ3v) is 13.0. The minimum atomic E-state index is -0.771. The maximum Gasteiger partial charge on any atom is 0.306 e. The monoisotopic (exact) mass is 915 g/mol. The van der Waals surface area contributed by atoms with Crippen molar-refractivity contribution in [2.24, 2.45) is 0 Å². The summed E-state index contributed by atoms with van der Waals surface area (Å²) >= 11 is 0. The van der Waals surface area contributed by atoms with E-state index in [1.807, 2.05) is 0 Å². The second-order valence-corrected chi connectivity index (χ2v) is 19.6. The smallest absolute Gasteiger partial charge is 0.306 e. The summed E-state index contributed by atoms with van der Waals surface area (Å²) in [5.74, 6) is -0.866. The van der Waals surface area contributed by atoms with Crippen molar-refractivity contribution in [3.63, 3.8) is 0 Å². The summed E-state index contributed by atoms with van der Waals surface area (Å²) in [5, 5.41) is 0. The van der Waals surface area contributed by atoms with Gasteiger partial charge in [0.05, 0.1) is 0 Å². The molecule has 0 rings (SSSR count). The van der Waals surface area contributed by atoms with Crippen LogP contribution in [0, 0.1) is 0 Å². The number of hydrogen-bond donors (Lipinski definition) is 0.